The number of allylic oxidation sites excluding steroid dienone is 1. The molecule has 3 fully saturated rings. The molecule has 5 aliphatic rings. The summed E-state index contributed by atoms with van der Waals surface area (Å²) < 4.78 is 110. The predicted octanol–water partition coefficient (Wildman–Crippen LogP) is 7.46. The number of rotatable bonds is 25. The van der Waals surface area contributed by atoms with Crippen molar-refractivity contribution in [2.45, 2.75) is 77.7 Å². The molecule has 28 heteroatoms. The first-order chi connectivity index (χ1) is 43.9. The van der Waals surface area contributed by atoms with E-state index < -0.39 is 82.5 Å². The number of piperidine rings is 1. The number of amides is 6. The smallest absolute Gasteiger partial charge is 0.382 e. The van der Waals surface area contributed by atoms with E-state index in [9.17, 15) is 58.8 Å². The maximum Gasteiger partial charge on any atom is 0.501 e. The lowest BCUT2D eigenvalue weighted by Crippen LogP contribution is -2.54. The Kier molecular flexibility index (Phi) is 21.5. The Morgan fingerprint density at radius 1 is 0.837 bits per heavy atom. The zero-order chi connectivity index (χ0) is 65.4. The number of anilines is 3. The molecule has 21 nitrogen and oxygen atoms in total. The molecule has 1 aliphatic carbocycles. The Morgan fingerprint density at radius 3 is 2.27 bits per heavy atom. The molecule has 4 aliphatic heterocycles. The van der Waals surface area contributed by atoms with E-state index in [1.165, 1.54) is 41.1 Å². The van der Waals surface area contributed by atoms with E-state index in [1.54, 1.807) is 24.3 Å². The summed E-state index contributed by atoms with van der Waals surface area (Å²) in [5.41, 5.74) is -1.69. The number of imide groups is 2. The van der Waals surface area contributed by atoms with Gasteiger partial charge in [0.1, 0.15) is 17.5 Å². The molecule has 10 rings (SSSR count). The van der Waals surface area contributed by atoms with Gasteiger partial charge in [0.25, 0.3) is 37.6 Å². The maximum atomic E-state index is 14.3. The molecular weight excluding hydrogens is 1280 g/mol. The number of thioether (sulfide) groups is 1. The number of alkyl halides is 3. The van der Waals surface area contributed by atoms with Gasteiger partial charge in [-0.25, -0.2) is 21.6 Å². The lowest BCUT2D eigenvalue weighted by atomic mass is 9.71. The third kappa shape index (κ3) is 16.3. The third-order valence-electron chi connectivity index (χ3n) is 17.0. The van der Waals surface area contributed by atoms with Crippen LogP contribution in [0.25, 0.3) is 5.57 Å². The number of hydrogen-bond acceptors (Lipinski definition) is 18. The summed E-state index contributed by atoms with van der Waals surface area (Å²) in [7, 11) is -11.0. The highest BCUT2D eigenvalue weighted by Gasteiger charge is 2.49. The maximum absolute atomic E-state index is 14.3. The molecule has 5 aromatic carbocycles. The van der Waals surface area contributed by atoms with Gasteiger partial charge in [-0.05, 0) is 128 Å². The fourth-order valence-electron chi connectivity index (χ4n) is 12.0. The van der Waals surface area contributed by atoms with Crippen molar-refractivity contribution < 1.29 is 68.2 Å². The van der Waals surface area contributed by atoms with Crippen LogP contribution in [0.2, 0.25) is 5.02 Å². The van der Waals surface area contributed by atoms with Gasteiger partial charge < -0.3 is 30.3 Å². The Labute approximate surface area is 541 Å². The van der Waals surface area contributed by atoms with Crippen LogP contribution in [0.3, 0.4) is 0 Å². The lowest BCUT2D eigenvalue weighted by molar-refractivity contribution is -0.136. The Morgan fingerprint density at radius 2 is 1.57 bits per heavy atom. The number of carbonyl (C=O) groups excluding carboxylic acids is 6. The van der Waals surface area contributed by atoms with E-state index in [2.05, 4.69) is 42.9 Å². The summed E-state index contributed by atoms with van der Waals surface area (Å²) in [4.78, 5) is 84.0. The highest BCUT2D eigenvalue weighted by atomic mass is 35.5. The molecule has 0 radical (unpaired) electrons. The Bertz CT molecular complexity index is 3840. The van der Waals surface area contributed by atoms with E-state index in [-0.39, 0.29) is 60.6 Å². The van der Waals surface area contributed by atoms with Crippen molar-refractivity contribution in [2.24, 2.45) is 5.41 Å². The molecule has 5 aromatic rings. The minimum absolute atomic E-state index is 0.00420. The molecule has 0 spiro atoms. The van der Waals surface area contributed by atoms with Crippen LogP contribution in [0.4, 0.5) is 30.2 Å². The largest absolute Gasteiger partial charge is 0.501 e. The van der Waals surface area contributed by atoms with Crippen LogP contribution in [-0.4, -0.2) is 182 Å². The molecule has 4 heterocycles. The Balaban J connectivity index is 0.721. The number of ether oxygens (including phenoxy) is 2. The van der Waals surface area contributed by atoms with Crippen molar-refractivity contribution in [2.75, 3.05) is 113 Å². The number of piperazine rings is 1. The lowest BCUT2D eigenvalue weighted by Gasteiger charge is -2.41. The average Bonchev–Trinajstić information content (AvgIpc) is 1.43. The second-order valence-corrected chi connectivity index (χ2v) is 28.7. The first-order valence-corrected chi connectivity index (χ1v) is 34.5. The van der Waals surface area contributed by atoms with Gasteiger partial charge in [0, 0.05) is 111 Å². The van der Waals surface area contributed by atoms with E-state index in [0.29, 0.717) is 107 Å². The SMILES string of the molecule is CC1(CNC(=O)COCCNc2cccc3c2C(=O)N(C2CCC(=O)NC2=O)C3=O)CCC(c2ccc(Cl)cc2)=C(CN2CCN(c3ccc(C(=O)NS(=O)(=O)c4ccc(N[C@H](CCN5CCOCC5)CSc5ccccc5)c(S(=O)(=O)C(F)(F)F)c4)cc3)CC2)C1. The monoisotopic (exact) mass is 1350 g/mol. The third-order valence-corrected chi connectivity index (χ3v) is 21.3. The molecule has 3 saturated heterocycles. The number of nitrogens with one attached hydrogen (secondary N) is 5. The van der Waals surface area contributed by atoms with Crippen LogP contribution in [0.1, 0.15) is 82.1 Å². The molecular formula is C64H71ClF3N9O12S3. The topological polar surface area (TPSA) is 262 Å². The molecule has 92 heavy (non-hydrogen) atoms. The van der Waals surface area contributed by atoms with Crippen LogP contribution in [0.5, 0.6) is 0 Å². The predicted molar refractivity (Wildman–Crippen MR) is 342 cm³/mol. The summed E-state index contributed by atoms with van der Waals surface area (Å²) in [5, 5.41) is 12.0. The van der Waals surface area contributed by atoms with Crippen molar-refractivity contribution >= 4 is 101 Å². The zero-order valence-electron chi connectivity index (χ0n) is 50.4. The van der Waals surface area contributed by atoms with Crippen molar-refractivity contribution in [3.63, 3.8) is 0 Å². The number of morpholine rings is 1. The first-order valence-electron chi connectivity index (χ1n) is 30.2. The van der Waals surface area contributed by atoms with E-state index in [0.717, 1.165) is 46.0 Å². The number of fused-ring (bicyclic) bond motifs is 1. The van der Waals surface area contributed by atoms with Gasteiger partial charge in [0.15, 0.2) is 0 Å². The van der Waals surface area contributed by atoms with Crippen molar-refractivity contribution in [1.29, 1.82) is 0 Å². The van der Waals surface area contributed by atoms with Crippen molar-refractivity contribution in [1.82, 2.24) is 30.1 Å². The van der Waals surface area contributed by atoms with E-state index in [4.69, 9.17) is 21.1 Å². The molecule has 0 aromatic heterocycles. The number of benzene rings is 5. The highest BCUT2D eigenvalue weighted by Crippen LogP contribution is 2.44. The summed E-state index contributed by atoms with van der Waals surface area (Å²) in [6.07, 6.45) is 2.70. The summed E-state index contributed by atoms with van der Waals surface area (Å²) in [5.74, 6) is -3.47. The molecule has 0 bridgehead atoms. The number of sulfone groups is 1. The van der Waals surface area contributed by atoms with Crippen molar-refractivity contribution in [3.8, 4) is 0 Å². The normalized spacial score (nSPS) is 19.8. The van der Waals surface area contributed by atoms with Crippen LogP contribution >= 0.6 is 23.4 Å². The van der Waals surface area contributed by atoms with Gasteiger partial charge in [-0.3, -0.25) is 48.8 Å². The minimum atomic E-state index is -6.11. The van der Waals surface area contributed by atoms with Gasteiger partial charge >= 0.3 is 5.51 Å². The van der Waals surface area contributed by atoms with Crippen LogP contribution in [-0.2, 0) is 43.7 Å². The number of hydrogen-bond donors (Lipinski definition) is 5. The zero-order valence-corrected chi connectivity index (χ0v) is 53.6. The number of nitrogens with zero attached hydrogens (tertiary/aromatic N) is 4. The van der Waals surface area contributed by atoms with Gasteiger partial charge in [0.2, 0.25) is 17.7 Å². The molecule has 5 N–H and O–H groups in total. The molecule has 490 valence electrons. The molecule has 2 unspecified atom stereocenters. The summed E-state index contributed by atoms with van der Waals surface area (Å²) in [6.45, 7) is 8.69. The number of carbonyl (C=O) groups is 6. The number of halogens is 4. The van der Waals surface area contributed by atoms with Gasteiger partial charge in [-0.2, -0.15) is 13.2 Å². The van der Waals surface area contributed by atoms with Gasteiger partial charge in [0.05, 0.1) is 41.5 Å². The fourth-order valence-corrected chi connectivity index (χ4v) is 15.1. The molecule has 0 saturated carbocycles. The van der Waals surface area contributed by atoms with Crippen LogP contribution < -0.4 is 30.9 Å². The fraction of sp³-hybridized carbons (Fsp3) is 0.406. The number of sulfonamides is 1. The first kappa shape index (κ1) is 67.5. The van der Waals surface area contributed by atoms with E-state index >= 15 is 0 Å². The summed E-state index contributed by atoms with van der Waals surface area (Å²) >= 11 is 7.74. The van der Waals surface area contributed by atoms with Crippen molar-refractivity contribution in [3.05, 3.63) is 148 Å². The highest BCUT2D eigenvalue weighted by molar-refractivity contribution is 7.99. The van der Waals surface area contributed by atoms with E-state index in [1.807, 2.05) is 59.3 Å². The minimum Gasteiger partial charge on any atom is -0.382 e. The van der Waals surface area contributed by atoms with Crippen LogP contribution in [0.15, 0.2) is 136 Å². The summed E-state index contributed by atoms with van der Waals surface area (Å²) in [6, 6.07) is 28.7. The van der Waals surface area contributed by atoms with Gasteiger partial charge in [-0.1, -0.05) is 60.5 Å². The Hall–Kier alpha value is -7.37. The van der Waals surface area contributed by atoms with Crippen LogP contribution in [0, 0.1) is 5.41 Å². The second-order valence-electron chi connectivity index (χ2n) is 23.6. The average molecular weight is 1350 g/mol. The molecule has 3 atom stereocenters. The molecule has 6 amide bonds. The second kappa shape index (κ2) is 29.3. The quantitative estimate of drug-likeness (QED) is 0.0216. The van der Waals surface area contributed by atoms with Gasteiger partial charge in [-0.15, -0.1) is 11.8 Å². The standard InChI is InChI=1S/C64H71ClF3N9O12S3/c1-63(41-70-57(79)39-89-33-25-69-53-9-5-8-51-58(53)62(83)77(61(51)82)54-20-21-56(78)72-60(54)81)24-22-50(42-10-14-45(65)15-11-42)44(37-63)38-75-27-29-76(30-28-75)47-16-12-43(13-17-47)59(80)73-92(86,87)49-18-19-52(55(36-49)91(84,85)64(66,67)68)71-46(23-26-74-31-34-88-35-32-74)40-90-48-6-3-2-4-7-48/h2-19,36,46,54,69,71H,20-35,37-41H2,1H3,(H,70,79)(H,73,80)(H,72,78,81)/t46-,54?,63?/m1/s1.